The molecule has 1 saturated heterocycles. The molecule has 7 heteroatoms. The number of hydrogen-bond donors (Lipinski definition) is 1. The monoisotopic (exact) mass is 280 g/mol. The molecule has 1 atom stereocenters. The first-order chi connectivity index (χ1) is 9.04. The molecule has 0 aromatic carbocycles. The zero-order valence-electron chi connectivity index (χ0n) is 10.5. The van der Waals surface area contributed by atoms with E-state index < -0.39 is 9.84 Å². The second-order valence-electron chi connectivity index (χ2n) is 4.98. The fraction of sp³-hybridized carbons (Fsp3) is 0.500. The number of aromatic nitrogens is 3. The van der Waals surface area contributed by atoms with Crippen LogP contribution in [0, 0.1) is 0 Å². The summed E-state index contributed by atoms with van der Waals surface area (Å²) in [6.07, 6.45) is 4.57. The van der Waals surface area contributed by atoms with Gasteiger partial charge in [0.05, 0.1) is 11.0 Å². The van der Waals surface area contributed by atoms with Gasteiger partial charge in [-0.05, 0) is 18.9 Å². The highest BCUT2D eigenvalue weighted by Crippen LogP contribution is 2.22. The summed E-state index contributed by atoms with van der Waals surface area (Å²) in [5.74, 6) is 0.860. The number of rotatable bonds is 2. The fourth-order valence-electron chi connectivity index (χ4n) is 2.48. The molecule has 0 spiro atoms. The van der Waals surface area contributed by atoms with Crippen molar-refractivity contribution in [2.45, 2.75) is 30.9 Å². The van der Waals surface area contributed by atoms with E-state index in [-0.39, 0.29) is 11.0 Å². The second-order valence-corrected chi connectivity index (χ2v) is 7.38. The van der Waals surface area contributed by atoms with Gasteiger partial charge in [0.2, 0.25) is 0 Å². The average molecular weight is 280 g/mol. The molecule has 1 unspecified atom stereocenters. The lowest BCUT2D eigenvalue weighted by molar-refractivity contribution is 0.534. The highest BCUT2D eigenvalue weighted by Gasteiger charge is 2.30. The summed E-state index contributed by atoms with van der Waals surface area (Å²) >= 11 is 0. The molecular formula is C12H16N4O2S. The van der Waals surface area contributed by atoms with E-state index in [1.54, 1.807) is 22.8 Å². The highest BCUT2D eigenvalue weighted by atomic mass is 32.2. The van der Waals surface area contributed by atoms with Gasteiger partial charge < -0.3 is 5.73 Å². The van der Waals surface area contributed by atoms with Crippen molar-refractivity contribution in [3.05, 3.63) is 24.2 Å². The molecule has 6 nitrogen and oxygen atoms in total. The summed E-state index contributed by atoms with van der Waals surface area (Å²) in [6.45, 7) is 0. The minimum atomic E-state index is -2.98. The quantitative estimate of drug-likeness (QED) is 0.879. The number of nitrogen functional groups attached to an aromatic ring is 1. The summed E-state index contributed by atoms with van der Waals surface area (Å²) < 4.78 is 25.6. The Balaban J connectivity index is 1.88. The molecule has 2 aromatic rings. The molecule has 3 heterocycles. The van der Waals surface area contributed by atoms with Crippen LogP contribution < -0.4 is 5.73 Å². The first kappa shape index (κ1) is 12.4. The van der Waals surface area contributed by atoms with Crippen molar-refractivity contribution in [3.8, 4) is 0 Å². The van der Waals surface area contributed by atoms with Gasteiger partial charge >= 0.3 is 0 Å². The SMILES string of the molecule is Nc1ccn2nc(CC3CCCCS3(=O)=O)nc2c1. The summed E-state index contributed by atoms with van der Waals surface area (Å²) in [5, 5.41) is 3.96. The number of pyridine rings is 1. The van der Waals surface area contributed by atoms with E-state index in [0.29, 0.717) is 30.0 Å². The van der Waals surface area contributed by atoms with E-state index in [4.69, 9.17) is 5.73 Å². The Bertz CT molecular complexity index is 708. The van der Waals surface area contributed by atoms with Gasteiger partial charge in [0.25, 0.3) is 0 Å². The molecule has 0 saturated carbocycles. The number of fused-ring (bicyclic) bond motifs is 1. The molecule has 0 radical (unpaired) electrons. The lowest BCUT2D eigenvalue weighted by Crippen LogP contribution is -2.30. The molecule has 102 valence electrons. The maximum Gasteiger partial charge on any atom is 0.157 e. The number of sulfone groups is 1. The predicted octanol–water partition coefficient (Wildman–Crippen LogP) is 0.821. The van der Waals surface area contributed by atoms with Gasteiger partial charge in [-0.25, -0.2) is 17.9 Å². The topological polar surface area (TPSA) is 90.4 Å². The van der Waals surface area contributed by atoms with Gasteiger partial charge in [0.15, 0.2) is 21.3 Å². The molecule has 0 amide bonds. The van der Waals surface area contributed by atoms with Crippen LogP contribution in [0.2, 0.25) is 0 Å². The third-order valence-electron chi connectivity index (χ3n) is 3.53. The van der Waals surface area contributed by atoms with Crippen LogP contribution in [-0.4, -0.2) is 34.0 Å². The summed E-state index contributed by atoms with van der Waals surface area (Å²) in [4.78, 5) is 4.34. The van der Waals surface area contributed by atoms with E-state index in [1.165, 1.54) is 0 Å². The van der Waals surface area contributed by atoms with Crippen LogP contribution in [0.4, 0.5) is 5.69 Å². The number of anilines is 1. The van der Waals surface area contributed by atoms with Gasteiger partial charge in [-0.2, -0.15) is 5.10 Å². The van der Waals surface area contributed by atoms with Gasteiger partial charge in [0.1, 0.15) is 0 Å². The highest BCUT2D eigenvalue weighted by molar-refractivity contribution is 7.92. The van der Waals surface area contributed by atoms with Crippen LogP contribution in [0.15, 0.2) is 18.3 Å². The van der Waals surface area contributed by atoms with Crippen LogP contribution in [0.1, 0.15) is 25.1 Å². The van der Waals surface area contributed by atoms with Crippen molar-refractivity contribution in [3.63, 3.8) is 0 Å². The van der Waals surface area contributed by atoms with Crippen molar-refractivity contribution in [2.75, 3.05) is 11.5 Å². The molecular weight excluding hydrogens is 264 g/mol. The van der Waals surface area contributed by atoms with Crippen molar-refractivity contribution in [2.24, 2.45) is 0 Å². The first-order valence-corrected chi connectivity index (χ1v) is 8.08. The van der Waals surface area contributed by atoms with Gasteiger partial charge in [-0.15, -0.1) is 0 Å². The van der Waals surface area contributed by atoms with Crippen LogP contribution in [0.3, 0.4) is 0 Å². The molecule has 2 N–H and O–H groups in total. The summed E-state index contributed by atoms with van der Waals surface area (Å²) in [7, 11) is -2.98. The van der Waals surface area contributed by atoms with Crippen molar-refractivity contribution < 1.29 is 8.42 Å². The molecule has 1 fully saturated rings. The minimum absolute atomic E-state index is 0.290. The van der Waals surface area contributed by atoms with Gasteiger partial charge in [-0.3, -0.25) is 0 Å². The zero-order valence-corrected chi connectivity index (χ0v) is 11.3. The maximum absolute atomic E-state index is 12.0. The van der Waals surface area contributed by atoms with Gasteiger partial charge in [0, 0.05) is 24.4 Å². The van der Waals surface area contributed by atoms with E-state index in [9.17, 15) is 8.42 Å². The first-order valence-electron chi connectivity index (χ1n) is 6.37. The third kappa shape index (κ3) is 2.42. The predicted molar refractivity (Wildman–Crippen MR) is 72.5 cm³/mol. The normalized spacial score (nSPS) is 22.6. The Morgan fingerprint density at radius 2 is 2.26 bits per heavy atom. The average Bonchev–Trinajstić information content (AvgIpc) is 2.73. The molecule has 19 heavy (non-hydrogen) atoms. The van der Waals surface area contributed by atoms with E-state index in [2.05, 4.69) is 10.1 Å². The molecule has 3 rings (SSSR count). The molecule has 0 bridgehead atoms. The second kappa shape index (κ2) is 4.48. The van der Waals surface area contributed by atoms with Crippen LogP contribution >= 0.6 is 0 Å². The van der Waals surface area contributed by atoms with Crippen LogP contribution in [0.25, 0.3) is 5.65 Å². The minimum Gasteiger partial charge on any atom is -0.399 e. The molecule has 2 aromatic heterocycles. The van der Waals surface area contributed by atoms with Crippen molar-refractivity contribution in [1.29, 1.82) is 0 Å². The van der Waals surface area contributed by atoms with Crippen LogP contribution in [0.5, 0.6) is 0 Å². The fourth-order valence-corrected chi connectivity index (χ4v) is 4.35. The Morgan fingerprint density at radius 1 is 1.42 bits per heavy atom. The molecule has 1 aliphatic heterocycles. The van der Waals surface area contributed by atoms with Crippen molar-refractivity contribution >= 4 is 21.2 Å². The third-order valence-corrected chi connectivity index (χ3v) is 5.80. The smallest absolute Gasteiger partial charge is 0.157 e. The molecule has 0 aliphatic carbocycles. The Kier molecular flexibility index (Phi) is 2.93. The van der Waals surface area contributed by atoms with E-state index in [1.807, 2.05) is 0 Å². The number of hydrogen-bond acceptors (Lipinski definition) is 5. The number of nitrogens with zero attached hydrogens (tertiary/aromatic N) is 3. The van der Waals surface area contributed by atoms with Gasteiger partial charge in [-0.1, -0.05) is 6.42 Å². The number of nitrogens with two attached hydrogens (primary N) is 1. The van der Waals surface area contributed by atoms with Crippen LogP contribution in [-0.2, 0) is 16.3 Å². The summed E-state index contributed by atoms with van der Waals surface area (Å²) in [5.41, 5.74) is 6.96. The Morgan fingerprint density at radius 3 is 3.05 bits per heavy atom. The standard InChI is InChI=1S/C12H16N4O2S/c13-9-4-5-16-12(7-9)14-11(15-16)8-10-3-1-2-6-19(10,17)18/h4-5,7,10H,1-3,6,8,13H2. The van der Waals surface area contributed by atoms with Crippen molar-refractivity contribution in [1.82, 2.24) is 14.6 Å². The summed E-state index contributed by atoms with van der Waals surface area (Å²) in [6, 6.07) is 3.47. The Labute approximate surface area is 111 Å². The lowest BCUT2D eigenvalue weighted by atomic mass is 10.1. The lowest BCUT2D eigenvalue weighted by Gasteiger charge is -2.20. The van der Waals surface area contributed by atoms with E-state index in [0.717, 1.165) is 12.8 Å². The molecule has 1 aliphatic rings. The Hall–Kier alpha value is -1.63. The maximum atomic E-state index is 12.0. The van der Waals surface area contributed by atoms with E-state index >= 15 is 0 Å². The zero-order chi connectivity index (χ0) is 13.5. The largest absolute Gasteiger partial charge is 0.399 e.